The van der Waals surface area contributed by atoms with Gasteiger partial charge in [0.2, 0.25) is 17.7 Å². The van der Waals surface area contributed by atoms with Gasteiger partial charge in [-0.3, -0.25) is 58.0 Å². The third kappa shape index (κ3) is 45.4. The summed E-state index contributed by atoms with van der Waals surface area (Å²) in [6.45, 7) is 1.40. The summed E-state index contributed by atoms with van der Waals surface area (Å²) < 4.78 is 18.0. The molecule has 7 amide bonds. The van der Waals surface area contributed by atoms with Gasteiger partial charge in [0.05, 0.1) is 65.8 Å². The van der Waals surface area contributed by atoms with E-state index < -0.39 is 128 Å². The Morgan fingerprint density at radius 2 is 1.00 bits per heavy atom. The standard InChI is InChI=1S/C76H111IN16O24S/c77-54-20-16-51(17-21-54)9-7-15-63(94)80-27-4-2-13-59(71(107)108)86-70(106)58(12-1-6-29-82-76(118)84-55-22-18-52(19-23-55)43-57-46-92(49-68(102)103)34-33-90(47-66(98)99)31-32-91(48-67(100)101)35-36-93(57)50-69(104)105)85-64(95)26-37-115-39-41-117-42-40-116-38-30-79-45-62(89-78)53-10-8-11-56(44-53)83-74(113)81-28-5-3-14-60(72(109)110)87-75(114)88-61(73(111)112)24-25-65(96)97/h8,10-11,16-23,44-45,57-61,78-79H,1-7,9,12-15,24-43,46-50H2,(H,80,94)(H,85,95)(H,86,106)(H,96,97)(H,98,99)(H,100,101)(H,102,103)(H,104,105)(H,107,108)(H,109,110)(H,111,112)(H2,81,83,113)(H2,82,84,118)(H2,87,88,114)/b62-45-,89-78?/t57?,58-,59?,60?,61-/m0/s1. The molecule has 0 bridgehead atoms. The fraction of sp³-hybridized carbons (Fsp3) is 0.553. The van der Waals surface area contributed by atoms with Gasteiger partial charge >= 0.3 is 59.8 Å². The van der Waals surface area contributed by atoms with E-state index >= 15 is 0 Å². The number of thiocarbonyl (C=S) groups is 1. The Morgan fingerprint density at radius 3 is 1.58 bits per heavy atom. The Morgan fingerprint density at radius 1 is 0.483 bits per heavy atom. The quantitative estimate of drug-likeness (QED) is 0.0167. The Hall–Kier alpha value is -10.3. The third-order valence-electron chi connectivity index (χ3n) is 18.2. The van der Waals surface area contributed by atoms with Gasteiger partial charge in [0.25, 0.3) is 0 Å². The Bertz CT molecular complexity index is 3760. The van der Waals surface area contributed by atoms with Crippen LogP contribution in [-0.4, -0.2) is 311 Å². The largest absolute Gasteiger partial charge is 0.481 e. The van der Waals surface area contributed by atoms with Crippen LogP contribution in [0.1, 0.15) is 107 Å². The van der Waals surface area contributed by atoms with Gasteiger partial charge in [0.15, 0.2) is 5.11 Å². The molecule has 652 valence electrons. The number of carbonyl (C=O) groups is 13. The van der Waals surface area contributed by atoms with Crippen LogP contribution in [0.25, 0.3) is 5.70 Å². The first kappa shape index (κ1) is 100. The second kappa shape index (κ2) is 57.7. The summed E-state index contributed by atoms with van der Waals surface area (Å²) in [6, 6.07) is 14.0. The molecule has 0 saturated carbocycles. The molecule has 3 aromatic carbocycles. The Balaban J connectivity index is 1.23. The number of aryl methyl sites for hydroxylation is 1. The molecular formula is C76H111IN16O24S. The molecule has 118 heavy (non-hydrogen) atoms. The van der Waals surface area contributed by atoms with Crippen LogP contribution in [0, 0.1) is 9.10 Å². The van der Waals surface area contributed by atoms with Crippen LogP contribution in [0.5, 0.6) is 0 Å². The predicted molar refractivity (Wildman–Crippen MR) is 441 cm³/mol. The number of unbranched alkanes of at least 4 members (excludes halogenated alkanes) is 3. The average molecular weight is 1790 g/mol. The summed E-state index contributed by atoms with van der Waals surface area (Å²) in [5.74, 6) is -11.3. The number of aliphatic carboxylic acids is 8. The molecule has 0 aliphatic carbocycles. The van der Waals surface area contributed by atoms with Crippen LogP contribution < -0.4 is 53.2 Å². The van der Waals surface area contributed by atoms with E-state index in [0.717, 1.165) is 21.1 Å². The monoisotopic (exact) mass is 1790 g/mol. The molecule has 42 heteroatoms. The molecule has 1 heterocycles. The molecule has 40 nitrogen and oxygen atoms in total. The second-order valence-electron chi connectivity index (χ2n) is 27.6. The number of benzene rings is 3. The van der Waals surface area contributed by atoms with E-state index in [-0.39, 0.29) is 160 Å². The SMILES string of the molecule is N=N/C(=C\NCCOCCOCCOCCC(=O)N[C@@H](CCCCNC(=S)Nc1ccc(CC2CN(CC(=O)O)CCN(CC(=O)O)CCN(CC(=O)O)CCN2CC(=O)O)cc1)C(=O)NC(CCCCNC(=O)CCCc1ccc(I)cc1)C(=O)O)c1cccc(NC(=O)NCCCCC(NC(=O)N[C@@H](CCC(=O)O)C(=O)O)C(=O)O)c1. The van der Waals surface area contributed by atoms with Crippen LogP contribution in [0.2, 0.25) is 0 Å². The van der Waals surface area contributed by atoms with E-state index in [2.05, 4.69) is 80.9 Å². The van der Waals surface area contributed by atoms with Gasteiger partial charge in [-0.05, 0) is 166 Å². The van der Waals surface area contributed by atoms with Crippen molar-refractivity contribution >= 4 is 135 Å². The zero-order valence-electron chi connectivity index (χ0n) is 65.7. The van der Waals surface area contributed by atoms with Gasteiger partial charge in [-0.2, -0.15) is 5.11 Å². The number of hydrogen-bond acceptors (Lipinski definition) is 24. The van der Waals surface area contributed by atoms with Crippen molar-refractivity contribution in [3.8, 4) is 0 Å². The number of carboxylic acids is 8. The molecule has 1 aliphatic rings. The molecule has 1 fully saturated rings. The van der Waals surface area contributed by atoms with E-state index in [1.807, 2.05) is 24.3 Å². The van der Waals surface area contributed by atoms with Crippen molar-refractivity contribution in [1.29, 1.82) is 5.53 Å². The van der Waals surface area contributed by atoms with Gasteiger partial charge in [-0.15, -0.1) is 0 Å². The van der Waals surface area contributed by atoms with Crippen molar-refractivity contribution in [3.05, 3.63) is 99.3 Å². The highest BCUT2D eigenvalue weighted by Crippen LogP contribution is 2.21. The second-order valence-corrected chi connectivity index (χ2v) is 29.2. The fourth-order valence-corrected chi connectivity index (χ4v) is 12.7. The fourth-order valence-electron chi connectivity index (χ4n) is 12.1. The lowest BCUT2D eigenvalue weighted by molar-refractivity contribution is -0.142. The zero-order chi connectivity index (χ0) is 86.6. The van der Waals surface area contributed by atoms with Gasteiger partial charge in [0.1, 0.15) is 29.9 Å². The predicted octanol–water partition coefficient (Wildman–Crippen LogP) is 3.00. The molecule has 1 aliphatic heterocycles. The first-order chi connectivity index (χ1) is 56.4. The van der Waals surface area contributed by atoms with Crippen LogP contribution in [0.3, 0.4) is 0 Å². The highest BCUT2D eigenvalue weighted by atomic mass is 127. The van der Waals surface area contributed by atoms with Crippen LogP contribution in [0.15, 0.2) is 84.1 Å². The smallest absolute Gasteiger partial charge is 0.326 e. The maximum Gasteiger partial charge on any atom is 0.326 e. The number of amides is 7. The number of halogens is 1. The Kier molecular flexibility index (Phi) is 48.9. The highest BCUT2D eigenvalue weighted by molar-refractivity contribution is 14.1. The molecule has 4 rings (SSSR count). The lowest BCUT2D eigenvalue weighted by Crippen LogP contribution is -2.53. The topological polar surface area (TPSA) is 581 Å². The van der Waals surface area contributed by atoms with Crippen molar-refractivity contribution in [1.82, 2.24) is 62.1 Å². The minimum Gasteiger partial charge on any atom is -0.481 e. The van der Waals surface area contributed by atoms with Gasteiger partial charge < -0.3 is 108 Å². The number of anilines is 2. The molecule has 19 N–H and O–H groups in total. The van der Waals surface area contributed by atoms with Crippen molar-refractivity contribution in [2.75, 3.05) is 148 Å². The first-order valence-electron chi connectivity index (χ1n) is 38.6. The van der Waals surface area contributed by atoms with E-state index in [1.54, 1.807) is 68.1 Å². The summed E-state index contributed by atoms with van der Waals surface area (Å²) in [7, 11) is 0. The van der Waals surface area contributed by atoms with E-state index in [1.165, 1.54) is 6.20 Å². The van der Waals surface area contributed by atoms with Crippen LogP contribution in [0.4, 0.5) is 21.0 Å². The van der Waals surface area contributed by atoms with Crippen LogP contribution >= 0.6 is 34.8 Å². The zero-order valence-corrected chi connectivity index (χ0v) is 68.7. The molecular weight excluding hydrogens is 1680 g/mol. The van der Waals surface area contributed by atoms with Crippen molar-refractivity contribution in [2.45, 2.75) is 133 Å². The third-order valence-corrected chi connectivity index (χ3v) is 19.2. The van der Waals surface area contributed by atoms with Crippen molar-refractivity contribution < 1.29 is 117 Å². The minimum atomic E-state index is -1.55. The molecule has 0 radical (unpaired) electrons. The number of nitrogens with zero attached hydrogens (tertiary/aromatic N) is 5. The number of ether oxygens (including phenoxy) is 3. The number of carbonyl (C=O) groups excluding carboxylic acids is 5. The molecule has 1 saturated heterocycles. The number of nitrogens with one attached hydrogen (secondary N) is 11. The number of rotatable bonds is 57. The normalized spacial score (nSPS) is 14.8. The number of urea groups is 2. The molecule has 0 aromatic heterocycles. The van der Waals surface area contributed by atoms with E-state index in [9.17, 15) is 98.1 Å². The lowest BCUT2D eigenvalue weighted by atomic mass is 10.0. The molecule has 3 aromatic rings. The summed E-state index contributed by atoms with van der Waals surface area (Å²) in [6.07, 6.45) is 4.66. The highest BCUT2D eigenvalue weighted by Gasteiger charge is 2.31. The molecule has 0 spiro atoms. The molecule has 5 atom stereocenters. The van der Waals surface area contributed by atoms with Crippen molar-refractivity contribution in [2.24, 2.45) is 5.11 Å². The van der Waals surface area contributed by atoms with Crippen LogP contribution in [-0.2, 0) is 79.8 Å². The van der Waals surface area contributed by atoms with Gasteiger partial charge in [0, 0.05) is 124 Å². The maximum atomic E-state index is 13.9. The van der Waals surface area contributed by atoms with E-state index in [4.69, 9.17) is 37.1 Å². The van der Waals surface area contributed by atoms with E-state index in [0.29, 0.717) is 81.5 Å². The molecule has 3 unspecified atom stereocenters. The van der Waals surface area contributed by atoms with Gasteiger partial charge in [-0.25, -0.2) is 29.5 Å². The maximum absolute atomic E-state index is 13.9. The van der Waals surface area contributed by atoms with Crippen molar-refractivity contribution in [3.63, 3.8) is 0 Å². The van der Waals surface area contributed by atoms with Gasteiger partial charge in [-0.1, -0.05) is 36.4 Å². The summed E-state index contributed by atoms with van der Waals surface area (Å²) in [5, 5.41) is 108. The average Bonchev–Trinajstić information content (AvgIpc) is 0.853. The Labute approximate surface area is 701 Å². The lowest BCUT2D eigenvalue weighted by Gasteiger charge is -2.37. The summed E-state index contributed by atoms with van der Waals surface area (Å²) >= 11 is 7.83. The summed E-state index contributed by atoms with van der Waals surface area (Å²) in [4.78, 5) is 166. The number of carboxylic acid groups (broad SMARTS) is 8. The number of hydrogen-bond donors (Lipinski definition) is 19. The first-order valence-corrected chi connectivity index (χ1v) is 40.1. The minimum absolute atomic E-state index is 0.0391. The summed E-state index contributed by atoms with van der Waals surface area (Å²) in [5.41, 5.74) is 11.3.